The molecule has 1 aromatic heterocycles. The van der Waals surface area contributed by atoms with Gasteiger partial charge in [0.1, 0.15) is 5.82 Å². The second-order valence-corrected chi connectivity index (χ2v) is 6.82. The van der Waals surface area contributed by atoms with E-state index in [1.165, 1.54) is 12.3 Å². The Hall–Kier alpha value is -3.22. The molecule has 2 aromatic carbocycles. The molecule has 6 nitrogen and oxygen atoms in total. The van der Waals surface area contributed by atoms with Crippen LogP contribution in [0.1, 0.15) is 6.42 Å². The van der Waals surface area contributed by atoms with Crippen LogP contribution < -0.4 is 10.3 Å². The second kappa shape index (κ2) is 7.80. The zero-order valence-corrected chi connectivity index (χ0v) is 15.4. The first-order valence-electron chi connectivity index (χ1n) is 9.35. The summed E-state index contributed by atoms with van der Waals surface area (Å²) in [5.74, 6) is -0.198. The van der Waals surface area contributed by atoms with E-state index in [2.05, 4.69) is 5.10 Å². The van der Waals surface area contributed by atoms with Crippen LogP contribution >= 0.6 is 0 Å². The number of amides is 1. The average Bonchev–Trinajstić information content (AvgIpc) is 2.74. The van der Waals surface area contributed by atoms with Crippen LogP contribution in [0.15, 0.2) is 59.5 Å². The fourth-order valence-electron chi connectivity index (χ4n) is 3.60. The number of para-hydroxylation sites is 2. The Morgan fingerprint density at radius 2 is 1.71 bits per heavy atom. The highest BCUT2D eigenvalue weighted by Crippen LogP contribution is 2.20. The van der Waals surface area contributed by atoms with Crippen molar-refractivity contribution < 1.29 is 9.18 Å². The quantitative estimate of drug-likeness (QED) is 0.697. The molecule has 0 N–H and O–H groups in total. The van der Waals surface area contributed by atoms with E-state index in [1.807, 2.05) is 34.1 Å². The lowest BCUT2D eigenvalue weighted by Gasteiger charge is -2.36. The van der Waals surface area contributed by atoms with E-state index in [9.17, 15) is 14.0 Å². The Morgan fingerprint density at radius 1 is 1.00 bits per heavy atom. The number of nitrogens with zero attached hydrogens (tertiary/aromatic N) is 4. The number of hydrogen-bond donors (Lipinski definition) is 0. The Labute approximate surface area is 161 Å². The zero-order chi connectivity index (χ0) is 19.5. The molecule has 144 valence electrons. The number of anilines is 1. The lowest BCUT2D eigenvalue weighted by molar-refractivity contribution is -0.131. The Balaban J connectivity index is 1.38. The predicted octanol–water partition coefficient (Wildman–Crippen LogP) is 2.27. The Kier molecular flexibility index (Phi) is 5.06. The van der Waals surface area contributed by atoms with Crippen molar-refractivity contribution in [1.29, 1.82) is 0 Å². The summed E-state index contributed by atoms with van der Waals surface area (Å²) in [5.41, 5.74) is 1.19. The molecule has 1 saturated heterocycles. The smallest absolute Gasteiger partial charge is 0.224 e. The molecule has 2 heterocycles. The molecule has 1 aliphatic heterocycles. The van der Waals surface area contributed by atoms with E-state index in [-0.39, 0.29) is 17.2 Å². The molecule has 0 bridgehead atoms. The van der Waals surface area contributed by atoms with Gasteiger partial charge in [-0.3, -0.25) is 14.3 Å². The molecule has 4 rings (SSSR count). The van der Waals surface area contributed by atoms with E-state index >= 15 is 0 Å². The van der Waals surface area contributed by atoms with Crippen LogP contribution in [-0.4, -0.2) is 46.8 Å². The van der Waals surface area contributed by atoms with Crippen LogP contribution in [-0.2, 0) is 11.3 Å². The summed E-state index contributed by atoms with van der Waals surface area (Å²) in [6.45, 7) is 2.74. The molecule has 0 radical (unpaired) electrons. The van der Waals surface area contributed by atoms with E-state index < -0.39 is 0 Å². The van der Waals surface area contributed by atoms with Gasteiger partial charge in [-0.1, -0.05) is 24.3 Å². The van der Waals surface area contributed by atoms with Gasteiger partial charge in [0.05, 0.1) is 23.9 Å². The van der Waals surface area contributed by atoms with Crippen molar-refractivity contribution in [3.8, 4) is 0 Å². The maximum absolute atomic E-state index is 13.9. The number of carbonyl (C=O) groups excluding carboxylic acids is 1. The molecule has 0 unspecified atom stereocenters. The highest BCUT2D eigenvalue weighted by molar-refractivity contribution is 5.79. The molecular formula is C21H21FN4O2. The minimum Gasteiger partial charge on any atom is -0.366 e. The molecular weight excluding hydrogens is 359 g/mol. The average molecular weight is 380 g/mol. The third-order valence-electron chi connectivity index (χ3n) is 5.12. The largest absolute Gasteiger partial charge is 0.366 e. The highest BCUT2D eigenvalue weighted by atomic mass is 19.1. The molecule has 28 heavy (non-hydrogen) atoms. The first-order valence-corrected chi connectivity index (χ1v) is 9.35. The molecule has 1 fully saturated rings. The third kappa shape index (κ3) is 3.60. The van der Waals surface area contributed by atoms with Crippen LogP contribution in [0.3, 0.4) is 0 Å². The monoisotopic (exact) mass is 380 g/mol. The van der Waals surface area contributed by atoms with E-state index in [0.29, 0.717) is 50.2 Å². The van der Waals surface area contributed by atoms with Crippen LogP contribution in [0.25, 0.3) is 10.9 Å². The summed E-state index contributed by atoms with van der Waals surface area (Å²) in [5, 5.41) is 4.77. The first-order chi connectivity index (χ1) is 13.6. The molecule has 0 aliphatic carbocycles. The summed E-state index contributed by atoms with van der Waals surface area (Å²) in [6, 6.07) is 14.0. The third-order valence-corrected chi connectivity index (χ3v) is 5.12. The van der Waals surface area contributed by atoms with Gasteiger partial charge in [0, 0.05) is 38.0 Å². The fourth-order valence-corrected chi connectivity index (χ4v) is 3.60. The SMILES string of the molecule is O=C(CCn1ncc(=O)c2ccccc21)N1CCN(c2ccccc2F)CC1. The van der Waals surface area contributed by atoms with Crippen LogP contribution in [0.2, 0.25) is 0 Å². The van der Waals surface area contributed by atoms with Gasteiger partial charge < -0.3 is 9.80 Å². The number of rotatable bonds is 4. The Bertz CT molecular complexity index is 1060. The fraction of sp³-hybridized carbons (Fsp3) is 0.286. The van der Waals surface area contributed by atoms with Crippen molar-refractivity contribution in [2.45, 2.75) is 13.0 Å². The van der Waals surface area contributed by atoms with Gasteiger partial charge in [0.2, 0.25) is 11.3 Å². The van der Waals surface area contributed by atoms with Crippen molar-refractivity contribution >= 4 is 22.5 Å². The number of benzene rings is 2. The lowest BCUT2D eigenvalue weighted by Crippen LogP contribution is -2.49. The number of piperazine rings is 1. The number of carbonyl (C=O) groups is 1. The van der Waals surface area contributed by atoms with Gasteiger partial charge in [0.15, 0.2) is 0 Å². The van der Waals surface area contributed by atoms with Crippen molar-refractivity contribution in [2.24, 2.45) is 0 Å². The highest BCUT2D eigenvalue weighted by Gasteiger charge is 2.22. The standard InChI is InChI=1S/C21H21FN4O2/c22-17-6-2-4-8-19(17)24-11-13-25(14-12-24)21(28)9-10-26-18-7-3-1-5-16(18)20(27)15-23-26/h1-8,15H,9-14H2. The maximum Gasteiger partial charge on any atom is 0.224 e. The van der Waals surface area contributed by atoms with Crippen LogP contribution in [0.4, 0.5) is 10.1 Å². The topological polar surface area (TPSA) is 58.4 Å². The molecule has 1 amide bonds. The molecule has 0 spiro atoms. The van der Waals surface area contributed by atoms with Crippen molar-refractivity contribution in [1.82, 2.24) is 14.7 Å². The number of aromatic nitrogens is 2. The van der Waals surface area contributed by atoms with Gasteiger partial charge in [-0.2, -0.15) is 5.10 Å². The first kappa shape index (κ1) is 18.2. The van der Waals surface area contributed by atoms with Crippen molar-refractivity contribution in [2.75, 3.05) is 31.1 Å². The van der Waals surface area contributed by atoms with Crippen LogP contribution in [0, 0.1) is 5.82 Å². The van der Waals surface area contributed by atoms with Gasteiger partial charge >= 0.3 is 0 Å². The summed E-state index contributed by atoms with van der Waals surface area (Å²) < 4.78 is 15.6. The Morgan fingerprint density at radius 3 is 2.50 bits per heavy atom. The summed E-state index contributed by atoms with van der Waals surface area (Å²) in [6.07, 6.45) is 1.60. The minimum atomic E-state index is -0.238. The predicted molar refractivity (Wildman–Crippen MR) is 106 cm³/mol. The van der Waals surface area contributed by atoms with Gasteiger partial charge in [-0.15, -0.1) is 0 Å². The zero-order valence-electron chi connectivity index (χ0n) is 15.4. The molecule has 0 atom stereocenters. The van der Waals surface area contributed by atoms with Gasteiger partial charge in [-0.25, -0.2) is 4.39 Å². The van der Waals surface area contributed by atoms with Crippen LogP contribution in [0.5, 0.6) is 0 Å². The van der Waals surface area contributed by atoms with Crippen molar-refractivity contribution in [3.63, 3.8) is 0 Å². The van der Waals surface area contributed by atoms with Crippen molar-refractivity contribution in [3.05, 3.63) is 70.8 Å². The minimum absolute atomic E-state index is 0.0396. The van der Waals surface area contributed by atoms with Gasteiger partial charge in [-0.05, 0) is 24.3 Å². The molecule has 7 heteroatoms. The van der Waals surface area contributed by atoms with Gasteiger partial charge in [0.25, 0.3) is 0 Å². The normalized spacial score (nSPS) is 14.5. The number of halogens is 1. The van der Waals surface area contributed by atoms with E-state index in [1.54, 1.807) is 22.9 Å². The molecule has 0 saturated carbocycles. The summed E-state index contributed by atoms with van der Waals surface area (Å²) in [4.78, 5) is 28.3. The molecule has 3 aromatic rings. The second-order valence-electron chi connectivity index (χ2n) is 6.82. The molecule has 1 aliphatic rings. The van der Waals surface area contributed by atoms with E-state index in [4.69, 9.17) is 0 Å². The van der Waals surface area contributed by atoms with E-state index in [0.717, 1.165) is 5.52 Å². The number of aryl methyl sites for hydroxylation is 1. The maximum atomic E-state index is 13.9. The summed E-state index contributed by atoms with van der Waals surface area (Å²) >= 11 is 0. The number of fused-ring (bicyclic) bond motifs is 1. The number of hydrogen-bond acceptors (Lipinski definition) is 4. The summed E-state index contributed by atoms with van der Waals surface area (Å²) in [7, 11) is 0. The lowest BCUT2D eigenvalue weighted by atomic mass is 10.2.